The Labute approximate surface area is 159 Å². The van der Waals surface area contributed by atoms with Crippen LogP contribution in [0.15, 0.2) is 29.2 Å². The van der Waals surface area contributed by atoms with E-state index in [1.54, 1.807) is 18.2 Å². The summed E-state index contributed by atoms with van der Waals surface area (Å²) in [5.74, 6) is -0.559. The van der Waals surface area contributed by atoms with Gasteiger partial charge in [0, 0.05) is 13.0 Å². The van der Waals surface area contributed by atoms with Crippen molar-refractivity contribution >= 4 is 40.5 Å². The number of nitrogens with zero attached hydrogens (tertiary/aromatic N) is 2. The monoisotopic (exact) mass is 403 g/mol. The highest BCUT2D eigenvalue weighted by molar-refractivity contribution is 6.41. The second kappa shape index (κ2) is 7.51. The van der Waals surface area contributed by atoms with Gasteiger partial charge in [-0.3, -0.25) is 4.79 Å². The van der Waals surface area contributed by atoms with Gasteiger partial charge < -0.3 is 14.8 Å². The first-order chi connectivity index (χ1) is 11.9. The van der Waals surface area contributed by atoms with Gasteiger partial charge in [-0.25, -0.2) is 0 Å². The lowest BCUT2D eigenvalue weighted by molar-refractivity contribution is -0.144. The van der Waals surface area contributed by atoms with Crippen LogP contribution >= 0.6 is 34.8 Å². The highest BCUT2D eigenvalue weighted by Gasteiger charge is 2.30. The highest BCUT2D eigenvalue weighted by Crippen LogP contribution is 2.27. The standard InChI is InChI=1S/C16H16Cl3N3O3/c1-16(24-6-7-25-16)4-5-20-13-3-2-10(8-11(13)17)22-15(23)14(19)12(18)9-21-22/h2-3,8-9,20H,4-7H2,1H3. The molecule has 1 aromatic carbocycles. The Morgan fingerprint density at radius 2 is 1.96 bits per heavy atom. The number of halogens is 3. The number of hydrogen-bond donors (Lipinski definition) is 1. The molecule has 1 saturated heterocycles. The molecule has 2 aromatic rings. The van der Waals surface area contributed by atoms with Gasteiger partial charge in [0.1, 0.15) is 5.02 Å². The zero-order chi connectivity index (χ0) is 18.0. The van der Waals surface area contributed by atoms with Crippen LogP contribution < -0.4 is 10.9 Å². The van der Waals surface area contributed by atoms with Crippen LogP contribution in [0.5, 0.6) is 0 Å². The topological polar surface area (TPSA) is 65.4 Å². The molecule has 0 bridgehead atoms. The normalized spacial score (nSPS) is 16.2. The van der Waals surface area contributed by atoms with E-state index in [-0.39, 0.29) is 10.0 Å². The molecule has 1 aliphatic rings. The lowest BCUT2D eigenvalue weighted by Crippen LogP contribution is -2.28. The maximum absolute atomic E-state index is 12.1. The molecular weight excluding hydrogens is 389 g/mol. The summed E-state index contributed by atoms with van der Waals surface area (Å²) < 4.78 is 12.3. The molecule has 1 aromatic heterocycles. The summed E-state index contributed by atoms with van der Waals surface area (Å²) in [6.45, 7) is 3.75. The van der Waals surface area contributed by atoms with Crippen LogP contribution in [0.1, 0.15) is 13.3 Å². The Bertz CT molecular complexity index is 835. The number of benzene rings is 1. The van der Waals surface area contributed by atoms with Gasteiger partial charge in [-0.05, 0) is 25.1 Å². The maximum Gasteiger partial charge on any atom is 0.291 e. The van der Waals surface area contributed by atoms with E-state index in [4.69, 9.17) is 44.3 Å². The Kier molecular flexibility index (Phi) is 5.55. The summed E-state index contributed by atoms with van der Waals surface area (Å²) in [7, 11) is 0. The first kappa shape index (κ1) is 18.5. The van der Waals surface area contributed by atoms with E-state index in [1.165, 1.54) is 6.20 Å². The van der Waals surface area contributed by atoms with Crippen LogP contribution in [0.2, 0.25) is 15.1 Å². The van der Waals surface area contributed by atoms with Crippen molar-refractivity contribution in [3.05, 3.63) is 49.8 Å². The lowest BCUT2D eigenvalue weighted by atomic mass is 10.2. The van der Waals surface area contributed by atoms with Crippen LogP contribution in [0.3, 0.4) is 0 Å². The predicted octanol–water partition coefficient (Wildman–Crippen LogP) is 3.76. The van der Waals surface area contributed by atoms with Crippen molar-refractivity contribution in [1.82, 2.24) is 9.78 Å². The summed E-state index contributed by atoms with van der Waals surface area (Å²) in [5, 5.41) is 7.69. The second-order valence-corrected chi connectivity index (χ2v) is 6.89. The van der Waals surface area contributed by atoms with Crippen molar-refractivity contribution < 1.29 is 9.47 Å². The third-order valence-corrected chi connectivity index (χ3v) is 4.93. The van der Waals surface area contributed by atoms with Gasteiger partial charge in [0.05, 0.1) is 40.8 Å². The fraction of sp³-hybridized carbons (Fsp3) is 0.375. The molecule has 0 saturated carbocycles. The smallest absolute Gasteiger partial charge is 0.291 e. The molecule has 9 heteroatoms. The van der Waals surface area contributed by atoms with Gasteiger partial charge in [0.15, 0.2) is 5.79 Å². The van der Waals surface area contributed by atoms with Crippen LogP contribution in [0.4, 0.5) is 5.69 Å². The number of ether oxygens (including phenoxy) is 2. The fourth-order valence-corrected chi connectivity index (χ4v) is 3.00. The van der Waals surface area contributed by atoms with Crippen molar-refractivity contribution in [1.29, 1.82) is 0 Å². The molecule has 0 radical (unpaired) electrons. The molecular formula is C16H16Cl3N3O3. The number of hydrogen-bond acceptors (Lipinski definition) is 5. The van der Waals surface area contributed by atoms with Gasteiger partial charge in [0.25, 0.3) is 5.56 Å². The Morgan fingerprint density at radius 1 is 1.24 bits per heavy atom. The summed E-state index contributed by atoms with van der Waals surface area (Å²) in [5.41, 5.74) is 0.725. The minimum absolute atomic E-state index is 0.0835. The lowest BCUT2D eigenvalue weighted by Gasteiger charge is -2.22. The summed E-state index contributed by atoms with van der Waals surface area (Å²) in [6, 6.07) is 5.12. The molecule has 1 fully saturated rings. The largest absolute Gasteiger partial charge is 0.384 e. The average molecular weight is 405 g/mol. The zero-order valence-electron chi connectivity index (χ0n) is 13.4. The number of rotatable bonds is 5. The Morgan fingerprint density at radius 3 is 2.64 bits per heavy atom. The molecule has 0 atom stereocenters. The minimum atomic E-state index is -0.559. The van der Waals surface area contributed by atoms with E-state index < -0.39 is 11.3 Å². The van der Waals surface area contributed by atoms with Gasteiger partial charge in [-0.1, -0.05) is 34.8 Å². The van der Waals surface area contributed by atoms with Crippen LogP contribution in [-0.2, 0) is 9.47 Å². The van der Waals surface area contributed by atoms with Crippen molar-refractivity contribution in [3.8, 4) is 5.69 Å². The first-order valence-corrected chi connectivity index (χ1v) is 8.78. The number of anilines is 1. The van der Waals surface area contributed by atoms with E-state index in [0.29, 0.717) is 36.9 Å². The summed E-state index contributed by atoms with van der Waals surface area (Å²) >= 11 is 18.0. The molecule has 25 heavy (non-hydrogen) atoms. The third kappa shape index (κ3) is 4.10. The molecule has 2 heterocycles. The number of nitrogens with one attached hydrogen (secondary N) is 1. The Balaban J connectivity index is 1.73. The minimum Gasteiger partial charge on any atom is -0.384 e. The van der Waals surface area contributed by atoms with Gasteiger partial charge in [-0.2, -0.15) is 9.78 Å². The third-order valence-electron chi connectivity index (χ3n) is 3.87. The Hall–Kier alpha value is -1.31. The second-order valence-electron chi connectivity index (χ2n) is 5.70. The van der Waals surface area contributed by atoms with E-state index in [0.717, 1.165) is 10.4 Å². The predicted molar refractivity (Wildman–Crippen MR) is 98.3 cm³/mol. The first-order valence-electron chi connectivity index (χ1n) is 7.65. The van der Waals surface area contributed by atoms with Gasteiger partial charge >= 0.3 is 0 Å². The van der Waals surface area contributed by atoms with Crippen molar-refractivity contribution in [2.24, 2.45) is 0 Å². The van der Waals surface area contributed by atoms with Crippen LogP contribution in [-0.4, -0.2) is 35.3 Å². The molecule has 3 rings (SSSR count). The molecule has 1 N–H and O–H groups in total. The molecule has 0 aliphatic carbocycles. The van der Waals surface area contributed by atoms with Crippen molar-refractivity contribution in [2.45, 2.75) is 19.1 Å². The van der Waals surface area contributed by atoms with E-state index in [1.807, 2.05) is 6.92 Å². The van der Waals surface area contributed by atoms with Gasteiger partial charge in [-0.15, -0.1) is 0 Å². The van der Waals surface area contributed by atoms with E-state index in [9.17, 15) is 4.79 Å². The maximum atomic E-state index is 12.1. The highest BCUT2D eigenvalue weighted by atomic mass is 35.5. The summed E-state index contributed by atoms with van der Waals surface area (Å²) in [4.78, 5) is 12.1. The van der Waals surface area contributed by atoms with Crippen molar-refractivity contribution in [3.63, 3.8) is 0 Å². The molecule has 134 valence electrons. The van der Waals surface area contributed by atoms with E-state index in [2.05, 4.69) is 10.4 Å². The molecule has 1 aliphatic heterocycles. The van der Waals surface area contributed by atoms with E-state index >= 15 is 0 Å². The quantitative estimate of drug-likeness (QED) is 0.822. The van der Waals surface area contributed by atoms with Gasteiger partial charge in [0.2, 0.25) is 0 Å². The zero-order valence-corrected chi connectivity index (χ0v) is 15.7. The average Bonchev–Trinajstić information content (AvgIpc) is 3.01. The number of aromatic nitrogens is 2. The summed E-state index contributed by atoms with van der Waals surface area (Å²) in [6.07, 6.45) is 1.99. The molecule has 0 spiro atoms. The van der Waals surface area contributed by atoms with Crippen LogP contribution in [0.25, 0.3) is 5.69 Å². The molecule has 0 unspecified atom stereocenters. The molecule has 0 amide bonds. The fourth-order valence-electron chi connectivity index (χ4n) is 2.50. The van der Waals surface area contributed by atoms with Crippen molar-refractivity contribution in [2.75, 3.05) is 25.1 Å². The van der Waals surface area contributed by atoms with Crippen LogP contribution in [0, 0.1) is 0 Å². The SMILES string of the molecule is CC1(CCNc2ccc(-n3ncc(Cl)c(Cl)c3=O)cc2Cl)OCCO1. The molecule has 6 nitrogen and oxygen atoms in total.